The fourth-order valence-electron chi connectivity index (χ4n) is 1.94. The third-order valence-electron chi connectivity index (χ3n) is 2.70. The maximum absolute atomic E-state index is 9.49. The van der Waals surface area contributed by atoms with Crippen molar-refractivity contribution in [1.82, 2.24) is 9.97 Å². The Morgan fingerprint density at radius 2 is 1.55 bits per heavy atom. The number of nitrogens with zero attached hydrogens (tertiary/aromatic N) is 3. The van der Waals surface area contributed by atoms with Gasteiger partial charge in [0.1, 0.15) is 17.4 Å². The van der Waals surface area contributed by atoms with Crippen LogP contribution in [0.15, 0.2) is 0 Å². The molecule has 0 unspecified atom stereocenters. The molecule has 2 aromatic rings. The summed E-state index contributed by atoms with van der Waals surface area (Å²) >= 11 is 2.91. The van der Waals surface area contributed by atoms with Gasteiger partial charge in [-0.05, 0) is 27.7 Å². The van der Waals surface area contributed by atoms with Gasteiger partial charge < -0.3 is 4.65 Å². The number of nitriles is 1. The second-order valence-electron chi connectivity index (χ2n) is 4.23. The van der Waals surface area contributed by atoms with Gasteiger partial charge in [0.15, 0.2) is 0 Å². The van der Waals surface area contributed by atoms with Crippen molar-refractivity contribution in [3.05, 3.63) is 31.2 Å². The molecular formula is C13H12BN3OS2. The van der Waals surface area contributed by atoms with E-state index < -0.39 is 0 Å². The first-order chi connectivity index (χ1) is 9.47. The zero-order valence-electron chi connectivity index (χ0n) is 11.6. The summed E-state index contributed by atoms with van der Waals surface area (Å²) in [5, 5.41) is 11.3. The monoisotopic (exact) mass is 301 g/mol. The van der Waals surface area contributed by atoms with E-state index in [0.29, 0.717) is 11.3 Å². The first kappa shape index (κ1) is 14.8. The van der Waals surface area contributed by atoms with Crippen molar-refractivity contribution in [3.63, 3.8) is 0 Å². The molecule has 0 amide bonds. The van der Waals surface area contributed by atoms with Gasteiger partial charge in [0.05, 0.1) is 31.2 Å². The minimum atomic E-state index is 0.363. The minimum absolute atomic E-state index is 0.363. The molecule has 2 radical (unpaired) electrons. The Morgan fingerprint density at radius 3 is 1.90 bits per heavy atom. The highest BCUT2D eigenvalue weighted by Crippen LogP contribution is 2.35. The Bertz CT molecular complexity index is 725. The number of aromatic nitrogens is 2. The molecular weight excluding hydrogens is 289 g/mol. The van der Waals surface area contributed by atoms with Crippen molar-refractivity contribution >= 4 is 42.1 Å². The fraction of sp³-hybridized carbons (Fsp3) is 0.308. The number of rotatable bonds is 3. The summed E-state index contributed by atoms with van der Waals surface area (Å²) < 4.78 is 5.01. The van der Waals surface area contributed by atoms with E-state index in [9.17, 15) is 5.26 Å². The van der Waals surface area contributed by atoms with E-state index in [1.807, 2.05) is 27.7 Å². The number of thiazole rings is 2. The summed E-state index contributed by atoms with van der Waals surface area (Å²) in [6.45, 7) is 7.55. The zero-order chi connectivity index (χ0) is 14.9. The van der Waals surface area contributed by atoms with E-state index in [2.05, 4.69) is 16.0 Å². The highest BCUT2D eigenvalue weighted by atomic mass is 32.1. The van der Waals surface area contributed by atoms with Crippen LogP contribution in [-0.2, 0) is 4.65 Å². The predicted octanol–water partition coefficient (Wildman–Crippen LogP) is 3.33. The van der Waals surface area contributed by atoms with Gasteiger partial charge in [-0.25, -0.2) is 9.97 Å². The molecule has 2 aromatic heterocycles. The van der Waals surface area contributed by atoms with Crippen LogP contribution in [0.4, 0.5) is 0 Å². The van der Waals surface area contributed by atoms with E-state index in [1.165, 1.54) is 22.7 Å². The Hall–Kier alpha value is -1.65. The average Bonchev–Trinajstić information content (AvgIpc) is 2.88. The maximum atomic E-state index is 9.49. The number of aryl methyl sites for hydroxylation is 4. The van der Waals surface area contributed by atoms with Gasteiger partial charge in [0.25, 0.3) is 0 Å². The highest BCUT2D eigenvalue weighted by molar-refractivity contribution is 7.14. The molecule has 4 nitrogen and oxygen atoms in total. The molecule has 100 valence electrons. The third-order valence-corrected chi connectivity index (χ3v) is 4.86. The van der Waals surface area contributed by atoms with Crippen LogP contribution in [-0.4, -0.2) is 18.0 Å². The molecule has 0 saturated heterocycles. The lowest BCUT2D eigenvalue weighted by molar-refractivity contribution is 0.576. The van der Waals surface area contributed by atoms with E-state index in [4.69, 9.17) is 12.7 Å². The number of hydrogen-bond donors (Lipinski definition) is 0. The largest absolute Gasteiger partial charge is 0.566 e. The SMILES string of the molecule is [B]OC(=C(C#N)c1sc(C)nc1C)c1sc(C)nc1C. The molecule has 0 fully saturated rings. The Kier molecular flexibility index (Phi) is 4.26. The van der Waals surface area contributed by atoms with E-state index in [0.717, 1.165) is 31.2 Å². The second-order valence-corrected chi connectivity index (χ2v) is 6.64. The molecule has 0 saturated carbocycles. The van der Waals surface area contributed by atoms with Crippen molar-refractivity contribution in [2.24, 2.45) is 0 Å². The quantitative estimate of drug-likeness (QED) is 0.496. The van der Waals surface area contributed by atoms with Crippen LogP contribution in [0, 0.1) is 39.0 Å². The molecule has 0 atom stereocenters. The average molecular weight is 301 g/mol. The van der Waals surface area contributed by atoms with Crippen LogP contribution < -0.4 is 0 Å². The van der Waals surface area contributed by atoms with Gasteiger partial charge >= 0.3 is 8.05 Å². The summed E-state index contributed by atoms with van der Waals surface area (Å²) in [7, 11) is 5.41. The summed E-state index contributed by atoms with van der Waals surface area (Å²) in [5.41, 5.74) is 2.01. The molecule has 2 rings (SSSR count). The summed E-state index contributed by atoms with van der Waals surface area (Å²) in [6, 6.07) is 2.18. The topological polar surface area (TPSA) is 58.8 Å². The maximum Gasteiger partial charge on any atom is 0.374 e. The molecule has 0 aliphatic rings. The molecule has 7 heteroatoms. The van der Waals surface area contributed by atoms with Gasteiger partial charge in [0.2, 0.25) is 0 Å². The highest BCUT2D eigenvalue weighted by Gasteiger charge is 2.20. The number of allylic oxidation sites excluding steroid dienone is 1. The summed E-state index contributed by atoms with van der Waals surface area (Å²) in [5.74, 6) is 0.363. The zero-order valence-corrected chi connectivity index (χ0v) is 13.3. The van der Waals surface area contributed by atoms with Crippen molar-refractivity contribution in [3.8, 4) is 6.07 Å². The lowest BCUT2D eigenvalue weighted by Crippen LogP contribution is -1.94. The van der Waals surface area contributed by atoms with Crippen LogP contribution in [0.25, 0.3) is 11.3 Å². The van der Waals surface area contributed by atoms with Crippen molar-refractivity contribution in [2.45, 2.75) is 27.7 Å². The smallest absolute Gasteiger partial charge is 0.374 e. The van der Waals surface area contributed by atoms with Crippen LogP contribution in [0.3, 0.4) is 0 Å². The van der Waals surface area contributed by atoms with E-state index >= 15 is 0 Å². The summed E-state index contributed by atoms with van der Waals surface area (Å²) in [4.78, 5) is 10.3. The molecule has 0 bridgehead atoms. The molecule has 0 spiro atoms. The van der Waals surface area contributed by atoms with E-state index in [-0.39, 0.29) is 0 Å². The Labute approximate surface area is 127 Å². The van der Waals surface area contributed by atoms with Gasteiger partial charge in [-0.15, -0.1) is 22.7 Å². The standard InChI is InChI=1S/C13H12BN3OS2/c1-6-12(19-8(3)16-6)10(5-15)11(18-14)13-7(2)17-9(4)20-13/h1-4H3. The van der Waals surface area contributed by atoms with Gasteiger partial charge in [0, 0.05) is 0 Å². The van der Waals surface area contributed by atoms with Crippen molar-refractivity contribution in [1.29, 1.82) is 5.26 Å². The number of hydrogen-bond acceptors (Lipinski definition) is 6. The fourth-order valence-corrected chi connectivity index (χ4v) is 3.76. The summed E-state index contributed by atoms with van der Waals surface area (Å²) in [6.07, 6.45) is 0. The van der Waals surface area contributed by atoms with Gasteiger partial charge in [-0.2, -0.15) is 5.26 Å². The van der Waals surface area contributed by atoms with Gasteiger partial charge in [-0.1, -0.05) is 0 Å². The lowest BCUT2D eigenvalue weighted by Gasteiger charge is -2.08. The Balaban J connectivity index is 2.69. The van der Waals surface area contributed by atoms with Crippen LogP contribution in [0.1, 0.15) is 31.2 Å². The van der Waals surface area contributed by atoms with Crippen LogP contribution in [0.5, 0.6) is 0 Å². The molecule has 0 N–H and O–H groups in total. The van der Waals surface area contributed by atoms with Crippen LogP contribution in [0.2, 0.25) is 0 Å². The molecule has 20 heavy (non-hydrogen) atoms. The lowest BCUT2D eigenvalue weighted by atomic mass is 10.1. The molecule has 0 aliphatic carbocycles. The van der Waals surface area contributed by atoms with Crippen LogP contribution >= 0.6 is 22.7 Å². The molecule has 0 aliphatic heterocycles. The van der Waals surface area contributed by atoms with Gasteiger partial charge in [-0.3, -0.25) is 0 Å². The minimum Gasteiger partial charge on any atom is -0.566 e. The first-order valence-electron chi connectivity index (χ1n) is 5.87. The normalized spacial score (nSPS) is 11.9. The third kappa shape index (κ3) is 2.62. The Morgan fingerprint density at radius 1 is 1.05 bits per heavy atom. The second kappa shape index (κ2) is 5.77. The van der Waals surface area contributed by atoms with Crippen molar-refractivity contribution < 1.29 is 4.65 Å². The molecule has 2 heterocycles. The van der Waals surface area contributed by atoms with Crippen molar-refractivity contribution in [2.75, 3.05) is 0 Å². The van der Waals surface area contributed by atoms with E-state index in [1.54, 1.807) is 0 Å². The molecule has 0 aromatic carbocycles. The predicted molar refractivity (Wildman–Crippen MR) is 82.4 cm³/mol. The first-order valence-corrected chi connectivity index (χ1v) is 7.51.